The van der Waals surface area contributed by atoms with Crippen molar-refractivity contribution in [2.24, 2.45) is 0 Å². The van der Waals surface area contributed by atoms with Crippen molar-refractivity contribution in [3.8, 4) is 0 Å². The van der Waals surface area contributed by atoms with E-state index in [0.717, 1.165) is 10.7 Å². The largest absolute Gasteiger partial charge is 0.259 e. The fourth-order valence-electron chi connectivity index (χ4n) is 1.04. The van der Waals surface area contributed by atoms with Crippen LogP contribution in [-0.4, -0.2) is 14.9 Å². The number of thiazole rings is 1. The van der Waals surface area contributed by atoms with E-state index >= 15 is 0 Å². The van der Waals surface area contributed by atoms with Crippen molar-refractivity contribution in [1.29, 1.82) is 0 Å². The lowest BCUT2D eigenvalue weighted by molar-refractivity contribution is 0.684. The molecule has 1 aromatic heterocycles. The summed E-state index contributed by atoms with van der Waals surface area (Å²) in [6, 6.07) is 0. The standard InChI is InChI=1S/C10H14ClNOS2/c1-7(2)10-12-9(4-14-10)6-15(13)5-8(3)11/h4,7H,3,5-6H2,1-2H3/t15-/m1/s1. The molecular formula is C10H14ClNOS2. The molecule has 0 bridgehead atoms. The predicted molar refractivity (Wildman–Crippen MR) is 67.9 cm³/mol. The average molecular weight is 264 g/mol. The highest BCUT2D eigenvalue weighted by molar-refractivity contribution is 7.84. The second-order valence-corrected chi connectivity index (χ2v) is 6.46. The number of rotatable bonds is 5. The first-order chi connectivity index (χ1) is 6.99. The first-order valence-electron chi connectivity index (χ1n) is 4.61. The van der Waals surface area contributed by atoms with Crippen molar-refractivity contribution in [3.63, 3.8) is 0 Å². The van der Waals surface area contributed by atoms with Crippen LogP contribution in [0.5, 0.6) is 0 Å². The fraction of sp³-hybridized carbons (Fsp3) is 0.500. The van der Waals surface area contributed by atoms with Gasteiger partial charge in [0.1, 0.15) is 0 Å². The van der Waals surface area contributed by atoms with E-state index in [-0.39, 0.29) is 0 Å². The van der Waals surface area contributed by atoms with Crippen LogP contribution >= 0.6 is 22.9 Å². The third-order valence-electron chi connectivity index (χ3n) is 1.69. The molecule has 0 aliphatic carbocycles. The SMILES string of the molecule is C=C(Cl)C[S@@](=O)Cc1csc(C(C)C)n1. The molecule has 0 aliphatic rings. The Morgan fingerprint density at radius 3 is 2.87 bits per heavy atom. The van der Waals surface area contributed by atoms with E-state index < -0.39 is 10.8 Å². The molecule has 0 fully saturated rings. The van der Waals surface area contributed by atoms with Gasteiger partial charge in [0.25, 0.3) is 0 Å². The summed E-state index contributed by atoms with van der Waals surface area (Å²) in [6.45, 7) is 7.72. The zero-order chi connectivity index (χ0) is 11.4. The molecule has 15 heavy (non-hydrogen) atoms. The minimum atomic E-state index is -0.988. The quantitative estimate of drug-likeness (QED) is 0.816. The molecule has 1 atom stereocenters. The topological polar surface area (TPSA) is 30.0 Å². The Hall–Kier alpha value is -0.190. The summed E-state index contributed by atoms with van der Waals surface area (Å²) in [5.41, 5.74) is 0.889. The lowest BCUT2D eigenvalue weighted by Gasteiger charge is -1.98. The maximum Gasteiger partial charge on any atom is 0.0954 e. The molecular weight excluding hydrogens is 250 g/mol. The van der Waals surface area contributed by atoms with Gasteiger partial charge in [0.15, 0.2) is 0 Å². The monoisotopic (exact) mass is 263 g/mol. The van der Waals surface area contributed by atoms with Gasteiger partial charge in [-0.15, -0.1) is 11.3 Å². The van der Waals surface area contributed by atoms with Gasteiger partial charge < -0.3 is 0 Å². The molecule has 84 valence electrons. The number of aromatic nitrogens is 1. The van der Waals surface area contributed by atoms with Crippen molar-refractivity contribution < 1.29 is 4.21 Å². The van der Waals surface area contributed by atoms with E-state index in [1.54, 1.807) is 11.3 Å². The van der Waals surface area contributed by atoms with Gasteiger partial charge in [-0.2, -0.15) is 0 Å². The van der Waals surface area contributed by atoms with Gasteiger partial charge in [-0.25, -0.2) is 4.98 Å². The van der Waals surface area contributed by atoms with E-state index in [1.165, 1.54) is 0 Å². The minimum Gasteiger partial charge on any atom is -0.259 e. The van der Waals surface area contributed by atoms with Crippen molar-refractivity contribution in [2.45, 2.75) is 25.5 Å². The van der Waals surface area contributed by atoms with Crippen LogP contribution in [0.4, 0.5) is 0 Å². The van der Waals surface area contributed by atoms with Gasteiger partial charge in [-0.3, -0.25) is 4.21 Å². The molecule has 0 aliphatic heterocycles. The van der Waals surface area contributed by atoms with Crippen LogP contribution in [0.25, 0.3) is 0 Å². The molecule has 0 amide bonds. The lowest BCUT2D eigenvalue weighted by Crippen LogP contribution is -2.01. The normalized spacial score (nSPS) is 13.1. The van der Waals surface area contributed by atoms with Crippen molar-refractivity contribution in [2.75, 3.05) is 5.75 Å². The van der Waals surface area contributed by atoms with Crippen LogP contribution in [0.1, 0.15) is 30.5 Å². The summed E-state index contributed by atoms with van der Waals surface area (Å²) in [7, 11) is -0.988. The Labute approximate surface area is 102 Å². The summed E-state index contributed by atoms with van der Waals surface area (Å²) in [4.78, 5) is 4.41. The number of nitrogens with zero attached hydrogens (tertiary/aromatic N) is 1. The van der Waals surface area contributed by atoms with Gasteiger partial charge in [0.2, 0.25) is 0 Å². The van der Waals surface area contributed by atoms with Gasteiger partial charge in [0.05, 0.1) is 22.2 Å². The van der Waals surface area contributed by atoms with Gasteiger partial charge in [-0.1, -0.05) is 32.0 Å². The third-order valence-corrected chi connectivity index (χ3v) is 4.46. The Morgan fingerprint density at radius 2 is 2.40 bits per heavy atom. The first kappa shape index (κ1) is 12.9. The fourth-order valence-corrected chi connectivity index (χ4v) is 3.28. The van der Waals surface area contributed by atoms with Crippen LogP contribution in [0.3, 0.4) is 0 Å². The van der Waals surface area contributed by atoms with Crippen LogP contribution in [-0.2, 0) is 16.6 Å². The zero-order valence-corrected chi connectivity index (χ0v) is 11.2. The molecule has 0 saturated carbocycles. The molecule has 0 aromatic carbocycles. The molecule has 0 saturated heterocycles. The summed E-state index contributed by atoms with van der Waals surface area (Å²) < 4.78 is 11.5. The maximum absolute atomic E-state index is 11.5. The molecule has 5 heteroatoms. The van der Waals surface area contributed by atoms with E-state index in [2.05, 4.69) is 25.4 Å². The summed E-state index contributed by atoms with van der Waals surface area (Å²) in [6.07, 6.45) is 0. The van der Waals surface area contributed by atoms with Crippen LogP contribution in [0.15, 0.2) is 17.0 Å². The van der Waals surface area contributed by atoms with E-state index in [0.29, 0.717) is 22.5 Å². The smallest absolute Gasteiger partial charge is 0.0954 e. The highest BCUT2D eigenvalue weighted by Gasteiger charge is 2.09. The third kappa shape index (κ3) is 4.45. The van der Waals surface area contributed by atoms with Crippen LogP contribution in [0, 0.1) is 0 Å². The van der Waals surface area contributed by atoms with E-state index in [1.807, 2.05) is 5.38 Å². The molecule has 0 N–H and O–H groups in total. The second kappa shape index (κ2) is 5.77. The number of hydrogen-bond donors (Lipinski definition) is 0. The van der Waals surface area contributed by atoms with Crippen LogP contribution in [0.2, 0.25) is 0 Å². The second-order valence-electron chi connectivity index (χ2n) is 3.58. The maximum atomic E-state index is 11.5. The Morgan fingerprint density at radius 1 is 1.73 bits per heavy atom. The van der Waals surface area contributed by atoms with E-state index in [4.69, 9.17) is 11.6 Å². The molecule has 2 nitrogen and oxygen atoms in total. The lowest BCUT2D eigenvalue weighted by atomic mass is 10.2. The Kier molecular flexibility index (Phi) is 4.96. The summed E-state index contributed by atoms with van der Waals surface area (Å²) in [5, 5.41) is 3.49. The van der Waals surface area contributed by atoms with Crippen molar-refractivity contribution >= 4 is 33.7 Å². The molecule has 0 radical (unpaired) electrons. The van der Waals surface area contributed by atoms with E-state index in [9.17, 15) is 4.21 Å². The first-order valence-corrected chi connectivity index (χ1v) is 7.36. The highest BCUT2D eigenvalue weighted by atomic mass is 35.5. The molecule has 1 aromatic rings. The summed E-state index contributed by atoms with van der Waals surface area (Å²) in [5.74, 6) is 1.24. The van der Waals surface area contributed by atoms with Crippen molar-refractivity contribution in [3.05, 3.63) is 27.7 Å². The minimum absolute atomic E-state index is 0.343. The zero-order valence-electron chi connectivity index (χ0n) is 8.83. The Balaban J connectivity index is 2.57. The Bertz CT molecular complexity index is 373. The molecule has 1 heterocycles. The van der Waals surface area contributed by atoms with Crippen LogP contribution < -0.4 is 0 Å². The van der Waals surface area contributed by atoms with Gasteiger partial charge in [-0.05, 0) is 0 Å². The van der Waals surface area contributed by atoms with Gasteiger partial charge in [0, 0.05) is 27.1 Å². The summed E-state index contributed by atoms with van der Waals surface area (Å²) >= 11 is 7.21. The molecule has 0 unspecified atom stereocenters. The average Bonchev–Trinajstić information content (AvgIpc) is 2.50. The van der Waals surface area contributed by atoms with Crippen molar-refractivity contribution in [1.82, 2.24) is 4.98 Å². The number of halogens is 1. The predicted octanol–water partition coefficient (Wildman–Crippen LogP) is 3.27. The highest BCUT2D eigenvalue weighted by Crippen LogP contribution is 2.20. The number of hydrogen-bond acceptors (Lipinski definition) is 3. The molecule has 1 rings (SSSR count). The molecule has 0 spiro atoms. The van der Waals surface area contributed by atoms with Gasteiger partial charge >= 0.3 is 0 Å².